The Kier molecular flexibility index (Phi) is 5.67. The van der Waals surface area contributed by atoms with E-state index >= 15 is 0 Å². The number of hydrogen-bond donors (Lipinski definition) is 1. The number of carbonyl (C=O) groups is 1. The molecule has 0 bridgehead atoms. The SMILES string of the molecule is COCC(CCl)NC(=O)C1CCSC1. The molecule has 2 atom stereocenters. The lowest BCUT2D eigenvalue weighted by Gasteiger charge is -2.17. The Hall–Kier alpha value is 0.0700. The summed E-state index contributed by atoms with van der Waals surface area (Å²) in [6.45, 7) is 0.481. The van der Waals surface area contributed by atoms with Crippen LogP contribution in [0.2, 0.25) is 0 Å². The van der Waals surface area contributed by atoms with Crippen LogP contribution < -0.4 is 5.32 Å². The van der Waals surface area contributed by atoms with Crippen molar-refractivity contribution in [2.45, 2.75) is 12.5 Å². The first kappa shape index (κ1) is 12.1. The van der Waals surface area contributed by atoms with Crippen molar-refractivity contribution in [1.29, 1.82) is 0 Å². The molecule has 0 spiro atoms. The molecule has 0 saturated carbocycles. The fraction of sp³-hybridized carbons (Fsp3) is 0.889. The highest BCUT2D eigenvalue weighted by Gasteiger charge is 2.24. The van der Waals surface area contributed by atoms with Crippen LogP contribution in [0.5, 0.6) is 0 Å². The van der Waals surface area contributed by atoms with Crippen LogP contribution in [0.4, 0.5) is 0 Å². The van der Waals surface area contributed by atoms with Crippen LogP contribution in [-0.2, 0) is 9.53 Å². The third kappa shape index (κ3) is 3.67. The zero-order valence-corrected chi connectivity index (χ0v) is 9.87. The average Bonchev–Trinajstić information content (AvgIpc) is 2.69. The second-order valence-electron chi connectivity index (χ2n) is 3.38. The van der Waals surface area contributed by atoms with Crippen molar-refractivity contribution in [3.05, 3.63) is 0 Å². The van der Waals surface area contributed by atoms with Crippen molar-refractivity contribution in [2.24, 2.45) is 5.92 Å². The Morgan fingerprint density at radius 2 is 2.57 bits per heavy atom. The number of rotatable bonds is 5. The Bertz CT molecular complexity index is 186. The number of carbonyl (C=O) groups excluding carboxylic acids is 1. The van der Waals surface area contributed by atoms with Crippen LogP contribution in [0.3, 0.4) is 0 Å². The molecule has 1 fully saturated rings. The molecular weight excluding hydrogens is 222 g/mol. The highest BCUT2D eigenvalue weighted by molar-refractivity contribution is 7.99. The molecule has 1 aliphatic heterocycles. The first-order valence-corrected chi connectivity index (χ1v) is 6.40. The van der Waals surface area contributed by atoms with Gasteiger partial charge in [0.2, 0.25) is 5.91 Å². The smallest absolute Gasteiger partial charge is 0.224 e. The lowest BCUT2D eigenvalue weighted by Crippen LogP contribution is -2.42. The number of halogens is 1. The minimum Gasteiger partial charge on any atom is -0.383 e. The molecule has 0 aromatic rings. The van der Waals surface area contributed by atoms with Gasteiger partial charge in [0.05, 0.1) is 12.6 Å². The monoisotopic (exact) mass is 237 g/mol. The number of thioether (sulfide) groups is 1. The van der Waals surface area contributed by atoms with Gasteiger partial charge in [-0.15, -0.1) is 11.6 Å². The van der Waals surface area contributed by atoms with Crippen LogP contribution in [0.1, 0.15) is 6.42 Å². The molecule has 1 saturated heterocycles. The Balaban J connectivity index is 2.29. The number of amides is 1. The molecule has 1 amide bonds. The Morgan fingerprint density at radius 1 is 1.79 bits per heavy atom. The van der Waals surface area contributed by atoms with E-state index in [1.165, 1.54) is 0 Å². The maximum Gasteiger partial charge on any atom is 0.224 e. The van der Waals surface area contributed by atoms with Crippen LogP contribution in [0, 0.1) is 5.92 Å². The van der Waals surface area contributed by atoms with Gasteiger partial charge in [-0.25, -0.2) is 0 Å². The van der Waals surface area contributed by atoms with Gasteiger partial charge in [-0.2, -0.15) is 11.8 Å². The summed E-state index contributed by atoms with van der Waals surface area (Å²) < 4.78 is 4.95. The fourth-order valence-electron chi connectivity index (χ4n) is 1.39. The summed E-state index contributed by atoms with van der Waals surface area (Å²) in [5.41, 5.74) is 0. The van der Waals surface area contributed by atoms with Crippen LogP contribution in [-0.4, -0.2) is 43.1 Å². The number of methoxy groups -OCH3 is 1. The second kappa shape index (κ2) is 6.53. The number of nitrogens with one attached hydrogen (secondary N) is 1. The maximum absolute atomic E-state index is 11.7. The first-order valence-electron chi connectivity index (χ1n) is 4.71. The predicted octanol–water partition coefficient (Wildman–Crippen LogP) is 1.11. The second-order valence-corrected chi connectivity index (χ2v) is 4.83. The van der Waals surface area contributed by atoms with E-state index in [1.807, 2.05) is 11.8 Å². The van der Waals surface area contributed by atoms with E-state index in [-0.39, 0.29) is 17.9 Å². The van der Waals surface area contributed by atoms with Gasteiger partial charge in [-0.1, -0.05) is 0 Å². The number of hydrogen-bond acceptors (Lipinski definition) is 3. The molecule has 1 aliphatic rings. The maximum atomic E-state index is 11.7. The number of ether oxygens (including phenoxy) is 1. The zero-order valence-electron chi connectivity index (χ0n) is 8.29. The largest absolute Gasteiger partial charge is 0.383 e. The van der Waals surface area contributed by atoms with Crippen LogP contribution in [0.25, 0.3) is 0 Å². The van der Waals surface area contributed by atoms with Crippen molar-refractivity contribution in [1.82, 2.24) is 5.32 Å². The van der Waals surface area contributed by atoms with E-state index in [9.17, 15) is 4.79 Å². The van der Waals surface area contributed by atoms with E-state index < -0.39 is 0 Å². The summed E-state index contributed by atoms with van der Waals surface area (Å²) in [7, 11) is 1.61. The van der Waals surface area contributed by atoms with Gasteiger partial charge < -0.3 is 10.1 Å². The highest BCUT2D eigenvalue weighted by Crippen LogP contribution is 2.23. The minimum atomic E-state index is -0.0558. The van der Waals surface area contributed by atoms with Crippen molar-refractivity contribution < 1.29 is 9.53 Å². The summed E-state index contributed by atoms with van der Waals surface area (Å²) in [4.78, 5) is 11.7. The summed E-state index contributed by atoms with van der Waals surface area (Å²) >= 11 is 7.53. The van der Waals surface area contributed by atoms with Gasteiger partial charge in [0.25, 0.3) is 0 Å². The summed E-state index contributed by atoms with van der Waals surface area (Å²) in [6, 6.07) is -0.0558. The third-order valence-electron chi connectivity index (χ3n) is 2.20. The molecule has 1 rings (SSSR count). The van der Waals surface area contributed by atoms with Gasteiger partial charge >= 0.3 is 0 Å². The van der Waals surface area contributed by atoms with Gasteiger partial charge in [0.15, 0.2) is 0 Å². The van der Waals surface area contributed by atoms with Crippen LogP contribution in [0.15, 0.2) is 0 Å². The standard InChI is InChI=1S/C9H16ClNO2S/c1-13-5-8(4-10)11-9(12)7-2-3-14-6-7/h7-8H,2-6H2,1H3,(H,11,12). The van der Waals surface area contributed by atoms with Crippen molar-refractivity contribution in [3.63, 3.8) is 0 Å². The molecule has 14 heavy (non-hydrogen) atoms. The molecule has 1 N–H and O–H groups in total. The quantitative estimate of drug-likeness (QED) is 0.728. The Morgan fingerprint density at radius 3 is 3.07 bits per heavy atom. The summed E-state index contributed by atoms with van der Waals surface area (Å²) in [5, 5.41) is 2.90. The van der Waals surface area contributed by atoms with E-state index in [2.05, 4.69) is 5.32 Å². The summed E-state index contributed by atoms with van der Waals surface area (Å²) in [5.74, 6) is 2.72. The van der Waals surface area contributed by atoms with Crippen molar-refractivity contribution >= 4 is 29.3 Å². The lowest BCUT2D eigenvalue weighted by atomic mass is 10.1. The molecule has 5 heteroatoms. The Labute approximate surface area is 93.9 Å². The van der Waals surface area contributed by atoms with Gasteiger partial charge in [-0.3, -0.25) is 4.79 Å². The third-order valence-corrected chi connectivity index (χ3v) is 3.74. The fourth-order valence-corrected chi connectivity index (χ4v) is 2.77. The average molecular weight is 238 g/mol. The predicted molar refractivity (Wildman–Crippen MR) is 60.0 cm³/mol. The normalized spacial score (nSPS) is 23.4. The molecule has 2 unspecified atom stereocenters. The topological polar surface area (TPSA) is 38.3 Å². The van der Waals surface area contributed by atoms with Crippen molar-refractivity contribution in [2.75, 3.05) is 31.1 Å². The molecule has 0 aromatic carbocycles. The number of alkyl halides is 1. The van der Waals surface area contributed by atoms with Gasteiger partial charge in [-0.05, 0) is 12.2 Å². The first-order chi connectivity index (χ1) is 6.77. The molecule has 0 aliphatic carbocycles. The molecule has 82 valence electrons. The lowest BCUT2D eigenvalue weighted by molar-refractivity contribution is -0.125. The van der Waals surface area contributed by atoms with E-state index in [4.69, 9.17) is 16.3 Å². The van der Waals surface area contributed by atoms with E-state index in [0.717, 1.165) is 17.9 Å². The van der Waals surface area contributed by atoms with Crippen molar-refractivity contribution in [3.8, 4) is 0 Å². The van der Waals surface area contributed by atoms with E-state index in [1.54, 1.807) is 7.11 Å². The molecular formula is C9H16ClNO2S. The van der Waals surface area contributed by atoms with Gasteiger partial charge in [0, 0.05) is 24.7 Å². The molecule has 0 radical (unpaired) electrons. The minimum absolute atomic E-state index is 0.0558. The summed E-state index contributed by atoms with van der Waals surface area (Å²) in [6.07, 6.45) is 0.985. The highest BCUT2D eigenvalue weighted by atomic mass is 35.5. The molecule has 1 heterocycles. The van der Waals surface area contributed by atoms with E-state index in [0.29, 0.717) is 12.5 Å². The molecule has 0 aromatic heterocycles. The molecule has 3 nitrogen and oxygen atoms in total. The van der Waals surface area contributed by atoms with Crippen LogP contribution >= 0.6 is 23.4 Å². The van der Waals surface area contributed by atoms with Gasteiger partial charge in [0.1, 0.15) is 0 Å². The zero-order chi connectivity index (χ0) is 10.4.